The summed E-state index contributed by atoms with van der Waals surface area (Å²) in [4.78, 5) is 4.26. The van der Waals surface area contributed by atoms with E-state index in [1.54, 1.807) is 25.3 Å². The molecule has 20 heavy (non-hydrogen) atoms. The van der Waals surface area contributed by atoms with E-state index in [1.807, 2.05) is 0 Å². The highest BCUT2D eigenvalue weighted by molar-refractivity contribution is 5.85. The maximum atomic E-state index is 12.1. The van der Waals surface area contributed by atoms with Crippen LogP contribution in [0.5, 0.6) is 5.75 Å². The summed E-state index contributed by atoms with van der Waals surface area (Å²) in [6.45, 7) is -1.11. The zero-order chi connectivity index (χ0) is 14.0. The van der Waals surface area contributed by atoms with Gasteiger partial charge in [0.05, 0.1) is 5.70 Å². The lowest BCUT2D eigenvalue weighted by Gasteiger charge is -2.30. The summed E-state index contributed by atoms with van der Waals surface area (Å²) in [7, 11) is 0. The lowest BCUT2D eigenvalue weighted by Crippen LogP contribution is -2.45. The molecule has 110 valence electrons. The van der Waals surface area contributed by atoms with E-state index in [-0.39, 0.29) is 18.2 Å². The molecule has 1 aliphatic rings. The Morgan fingerprint density at radius 3 is 2.45 bits per heavy atom. The molecule has 5 N–H and O–H groups in total. The van der Waals surface area contributed by atoms with Crippen LogP contribution in [0.2, 0.25) is 0 Å². The molecular formula is C12H15ClF2N4O. The Balaban J connectivity index is 0.00000200. The van der Waals surface area contributed by atoms with E-state index >= 15 is 0 Å². The van der Waals surface area contributed by atoms with Gasteiger partial charge in [-0.25, -0.2) is 4.99 Å². The Labute approximate surface area is 121 Å². The molecular weight excluding hydrogens is 290 g/mol. The molecule has 0 spiro atoms. The van der Waals surface area contributed by atoms with Crippen molar-refractivity contribution in [3.63, 3.8) is 0 Å². The van der Waals surface area contributed by atoms with Crippen LogP contribution >= 0.6 is 12.4 Å². The third kappa shape index (κ3) is 3.17. The predicted molar refractivity (Wildman–Crippen MR) is 74.7 cm³/mol. The summed E-state index contributed by atoms with van der Waals surface area (Å²) in [6.07, 6.45) is 1.56. The molecule has 1 atom stereocenters. The molecule has 1 aliphatic heterocycles. The molecule has 0 saturated carbocycles. The molecule has 0 bridgehead atoms. The Morgan fingerprint density at radius 1 is 1.30 bits per heavy atom. The Kier molecular flexibility index (Phi) is 4.91. The minimum atomic E-state index is -2.86. The molecule has 1 aromatic carbocycles. The molecule has 1 unspecified atom stereocenters. The molecule has 0 amide bonds. The van der Waals surface area contributed by atoms with E-state index in [2.05, 4.69) is 15.0 Å². The van der Waals surface area contributed by atoms with Crippen molar-refractivity contribution in [2.75, 3.05) is 0 Å². The first-order chi connectivity index (χ1) is 8.91. The van der Waals surface area contributed by atoms with Crippen LogP contribution in [-0.2, 0) is 5.66 Å². The van der Waals surface area contributed by atoms with Gasteiger partial charge in [0.1, 0.15) is 11.6 Å². The summed E-state index contributed by atoms with van der Waals surface area (Å²) < 4.78 is 28.4. The molecule has 8 heteroatoms. The Morgan fingerprint density at radius 2 is 1.90 bits per heavy atom. The van der Waals surface area contributed by atoms with Crippen LogP contribution in [0.4, 0.5) is 8.78 Å². The number of amidine groups is 1. The van der Waals surface area contributed by atoms with Crippen molar-refractivity contribution < 1.29 is 13.5 Å². The van der Waals surface area contributed by atoms with Crippen LogP contribution < -0.4 is 21.5 Å². The number of aliphatic imine (C=N–C) groups is 1. The third-order valence-electron chi connectivity index (χ3n) is 2.74. The van der Waals surface area contributed by atoms with Gasteiger partial charge in [-0.2, -0.15) is 8.78 Å². The summed E-state index contributed by atoms with van der Waals surface area (Å²) in [5.74, 6) is 0.671. The molecule has 0 aliphatic carbocycles. The molecule has 5 nitrogen and oxygen atoms in total. The smallest absolute Gasteiger partial charge is 0.387 e. The number of alkyl halides is 2. The van der Waals surface area contributed by atoms with Crippen molar-refractivity contribution in [2.24, 2.45) is 16.5 Å². The average molecular weight is 305 g/mol. The van der Waals surface area contributed by atoms with Gasteiger partial charge in [0.2, 0.25) is 0 Å². The second-order valence-corrected chi connectivity index (χ2v) is 4.11. The number of nitrogens with two attached hydrogens (primary N) is 2. The number of ether oxygens (including phenoxy) is 1. The number of rotatable bonds is 3. The highest BCUT2D eigenvalue weighted by Gasteiger charge is 2.32. The van der Waals surface area contributed by atoms with Gasteiger partial charge in [0.25, 0.3) is 0 Å². The first-order valence-corrected chi connectivity index (χ1v) is 5.55. The van der Waals surface area contributed by atoms with Crippen molar-refractivity contribution in [2.45, 2.75) is 19.2 Å². The first kappa shape index (κ1) is 16.2. The normalized spacial score (nSPS) is 21.4. The number of benzene rings is 1. The van der Waals surface area contributed by atoms with E-state index < -0.39 is 12.3 Å². The maximum Gasteiger partial charge on any atom is 0.387 e. The van der Waals surface area contributed by atoms with Crippen molar-refractivity contribution in [1.82, 2.24) is 5.32 Å². The van der Waals surface area contributed by atoms with Gasteiger partial charge in [-0.05, 0) is 19.1 Å². The average Bonchev–Trinajstić information content (AvgIpc) is 2.34. The third-order valence-corrected chi connectivity index (χ3v) is 2.74. The largest absolute Gasteiger partial charge is 0.435 e. The number of hydrogen-bond donors (Lipinski definition) is 3. The second-order valence-electron chi connectivity index (χ2n) is 4.11. The fraction of sp³-hybridized carbons (Fsp3) is 0.250. The molecule has 0 fully saturated rings. The molecule has 0 aromatic heterocycles. The maximum absolute atomic E-state index is 12.1. The summed E-state index contributed by atoms with van der Waals surface area (Å²) in [6, 6.07) is 5.91. The lowest BCUT2D eigenvalue weighted by molar-refractivity contribution is -0.0498. The van der Waals surface area contributed by atoms with Crippen LogP contribution in [0, 0.1) is 0 Å². The highest BCUT2D eigenvalue weighted by Crippen LogP contribution is 2.28. The van der Waals surface area contributed by atoms with Crippen LogP contribution in [0.3, 0.4) is 0 Å². The number of nitrogens with one attached hydrogen (secondary N) is 1. The van der Waals surface area contributed by atoms with E-state index in [1.165, 1.54) is 12.1 Å². The van der Waals surface area contributed by atoms with Crippen molar-refractivity contribution in [3.8, 4) is 5.75 Å². The topological polar surface area (TPSA) is 85.7 Å². The molecule has 1 aromatic rings. The monoisotopic (exact) mass is 304 g/mol. The highest BCUT2D eigenvalue weighted by atomic mass is 35.5. The quantitative estimate of drug-likeness (QED) is 0.792. The van der Waals surface area contributed by atoms with Gasteiger partial charge < -0.3 is 15.8 Å². The van der Waals surface area contributed by atoms with Crippen LogP contribution in [0.25, 0.3) is 0 Å². The second kappa shape index (κ2) is 6.06. The van der Waals surface area contributed by atoms with Gasteiger partial charge in [-0.1, -0.05) is 12.1 Å². The zero-order valence-corrected chi connectivity index (χ0v) is 11.5. The van der Waals surface area contributed by atoms with Crippen molar-refractivity contribution in [1.29, 1.82) is 0 Å². The minimum Gasteiger partial charge on any atom is -0.435 e. The number of hydrogen-bond acceptors (Lipinski definition) is 5. The van der Waals surface area contributed by atoms with Gasteiger partial charge in [-0.3, -0.25) is 5.73 Å². The molecule has 2 rings (SSSR count). The van der Waals surface area contributed by atoms with Gasteiger partial charge in [0.15, 0.2) is 5.66 Å². The predicted octanol–water partition coefficient (Wildman–Crippen LogP) is 1.64. The minimum absolute atomic E-state index is 0. The van der Waals surface area contributed by atoms with Crippen LogP contribution in [-0.4, -0.2) is 12.4 Å². The number of nitrogens with zero attached hydrogens (tertiary/aromatic N) is 1. The summed E-state index contributed by atoms with van der Waals surface area (Å²) in [5, 5.41) is 2.85. The molecule has 1 heterocycles. The van der Waals surface area contributed by atoms with Crippen LogP contribution in [0.1, 0.15) is 12.5 Å². The fourth-order valence-electron chi connectivity index (χ4n) is 1.78. The van der Waals surface area contributed by atoms with Gasteiger partial charge in [-0.15, -0.1) is 12.4 Å². The lowest BCUT2D eigenvalue weighted by atomic mass is 9.97. The van der Waals surface area contributed by atoms with E-state index in [9.17, 15) is 8.78 Å². The standard InChI is InChI=1S/C12H14F2N4O.ClH/c1-7-17-6-10(15)12(16,18-7)8-2-4-9(5-3-8)19-11(13)14;/h2-6,11H,15-16H2,1H3,(H,17,18);1H. The van der Waals surface area contributed by atoms with Crippen molar-refractivity contribution in [3.05, 3.63) is 41.7 Å². The Bertz CT molecular complexity index is 533. The first-order valence-electron chi connectivity index (χ1n) is 5.55. The van der Waals surface area contributed by atoms with E-state index in [4.69, 9.17) is 11.5 Å². The summed E-state index contributed by atoms with van der Waals surface area (Å²) in [5.41, 5.74) is 11.7. The fourth-order valence-corrected chi connectivity index (χ4v) is 1.78. The number of halogens is 3. The van der Waals surface area contributed by atoms with Crippen LogP contribution in [0.15, 0.2) is 41.2 Å². The van der Waals surface area contributed by atoms with Crippen molar-refractivity contribution >= 4 is 18.2 Å². The van der Waals surface area contributed by atoms with E-state index in [0.29, 0.717) is 17.1 Å². The Hall–Kier alpha value is -1.86. The van der Waals surface area contributed by atoms with E-state index in [0.717, 1.165) is 0 Å². The van der Waals surface area contributed by atoms with Gasteiger partial charge in [0, 0.05) is 11.8 Å². The SMILES string of the molecule is CC1=NC(N)(c2ccc(OC(F)F)cc2)C(N)=CN1.Cl. The summed E-state index contributed by atoms with van der Waals surface area (Å²) >= 11 is 0. The molecule has 0 radical (unpaired) electrons. The zero-order valence-electron chi connectivity index (χ0n) is 10.6. The molecule has 0 saturated heterocycles. The van der Waals surface area contributed by atoms with Gasteiger partial charge >= 0.3 is 6.61 Å².